The standard InChI is InChI=1S/C22H26F3NO4S/c1-5-31-20-13-18(29-3)16(12-19(20)30-4)10-11-26(21(27)22(23,24)25)14-15-6-8-17(28-2)9-7-15/h6-9,12-13H,5,10-11,14H2,1-4H3. The second-order valence-corrected chi connectivity index (χ2v) is 7.88. The third-order valence-electron chi connectivity index (χ3n) is 4.58. The highest BCUT2D eigenvalue weighted by atomic mass is 32.2. The average Bonchev–Trinajstić information content (AvgIpc) is 2.76. The van der Waals surface area contributed by atoms with Gasteiger partial charge in [0.15, 0.2) is 0 Å². The predicted octanol–water partition coefficient (Wildman–Crippen LogP) is 4.96. The third kappa shape index (κ3) is 6.72. The maximum atomic E-state index is 13.2. The number of carbonyl (C=O) groups excluding carboxylic acids is 1. The van der Waals surface area contributed by atoms with E-state index in [1.807, 2.05) is 13.0 Å². The van der Waals surface area contributed by atoms with Crippen LogP contribution >= 0.6 is 11.8 Å². The minimum atomic E-state index is -4.96. The maximum absolute atomic E-state index is 13.2. The molecule has 170 valence electrons. The van der Waals surface area contributed by atoms with Crippen LogP contribution in [0.1, 0.15) is 18.1 Å². The Hall–Kier alpha value is -2.55. The predicted molar refractivity (Wildman–Crippen MR) is 114 cm³/mol. The van der Waals surface area contributed by atoms with Crippen molar-refractivity contribution in [1.82, 2.24) is 4.90 Å². The summed E-state index contributed by atoms with van der Waals surface area (Å²) in [5.41, 5.74) is 1.23. The summed E-state index contributed by atoms with van der Waals surface area (Å²) in [7, 11) is 4.54. The Bertz CT molecular complexity index is 872. The molecule has 0 radical (unpaired) electrons. The zero-order valence-corrected chi connectivity index (χ0v) is 18.7. The number of hydrogen-bond donors (Lipinski definition) is 0. The molecule has 0 aliphatic carbocycles. The van der Waals surface area contributed by atoms with Crippen LogP contribution in [0, 0.1) is 0 Å². The lowest BCUT2D eigenvalue weighted by atomic mass is 10.1. The lowest BCUT2D eigenvalue weighted by Crippen LogP contribution is -2.41. The monoisotopic (exact) mass is 457 g/mol. The van der Waals surface area contributed by atoms with Crippen molar-refractivity contribution in [2.24, 2.45) is 0 Å². The maximum Gasteiger partial charge on any atom is 0.471 e. The Kier molecular flexibility index (Phi) is 8.91. The molecule has 31 heavy (non-hydrogen) atoms. The number of benzene rings is 2. The summed E-state index contributed by atoms with van der Waals surface area (Å²) in [6, 6.07) is 10.1. The van der Waals surface area contributed by atoms with E-state index < -0.39 is 12.1 Å². The molecule has 9 heteroatoms. The summed E-state index contributed by atoms with van der Waals surface area (Å²) < 4.78 is 55.5. The van der Waals surface area contributed by atoms with Crippen LogP contribution in [0.3, 0.4) is 0 Å². The Morgan fingerprint density at radius 2 is 1.65 bits per heavy atom. The molecule has 2 rings (SSSR count). The van der Waals surface area contributed by atoms with E-state index in [9.17, 15) is 18.0 Å². The van der Waals surface area contributed by atoms with Crippen molar-refractivity contribution in [2.75, 3.05) is 33.6 Å². The number of halogens is 3. The van der Waals surface area contributed by atoms with E-state index in [4.69, 9.17) is 14.2 Å². The molecule has 0 atom stereocenters. The minimum Gasteiger partial charge on any atom is -0.497 e. The molecule has 0 aromatic heterocycles. The van der Waals surface area contributed by atoms with Gasteiger partial charge in [-0.25, -0.2) is 0 Å². The number of hydrogen-bond acceptors (Lipinski definition) is 5. The van der Waals surface area contributed by atoms with Crippen molar-refractivity contribution >= 4 is 17.7 Å². The number of amides is 1. The highest BCUT2D eigenvalue weighted by molar-refractivity contribution is 7.99. The molecule has 2 aromatic carbocycles. The summed E-state index contributed by atoms with van der Waals surface area (Å²) >= 11 is 1.57. The number of carbonyl (C=O) groups is 1. The summed E-state index contributed by atoms with van der Waals surface area (Å²) in [6.07, 6.45) is -4.79. The van der Waals surface area contributed by atoms with E-state index in [0.717, 1.165) is 15.5 Å². The molecular weight excluding hydrogens is 431 g/mol. The van der Waals surface area contributed by atoms with Crippen LogP contribution in [0.5, 0.6) is 17.2 Å². The van der Waals surface area contributed by atoms with Crippen LogP contribution in [-0.2, 0) is 17.8 Å². The summed E-state index contributed by atoms with van der Waals surface area (Å²) in [6.45, 7) is 1.69. The summed E-state index contributed by atoms with van der Waals surface area (Å²) in [5.74, 6) is 0.688. The van der Waals surface area contributed by atoms with E-state index in [-0.39, 0.29) is 19.5 Å². The van der Waals surface area contributed by atoms with Crippen molar-refractivity contribution in [1.29, 1.82) is 0 Å². The SMILES string of the molecule is CCSc1cc(OC)c(CCN(Cc2ccc(OC)cc2)C(=O)C(F)(F)F)cc1OC. The zero-order chi connectivity index (χ0) is 23.0. The number of rotatable bonds is 10. The number of methoxy groups -OCH3 is 3. The molecule has 0 unspecified atom stereocenters. The Morgan fingerprint density at radius 3 is 2.16 bits per heavy atom. The van der Waals surface area contributed by atoms with Crippen molar-refractivity contribution in [3.8, 4) is 17.2 Å². The van der Waals surface area contributed by atoms with Gasteiger partial charge in [0, 0.05) is 13.1 Å². The minimum absolute atomic E-state index is 0.135. The number of thioether (sulfide) groups is 1. The lowest BCUT2D eigenvalue weighted by Gasteiger charge is -2.24. The molecule has 1 amide bonds. The first-order valence-electron chi connectivity index (χ1n) is 9.60. The second kappa shape index (κ2) is 11.2. The van der Waals surface area contributed by atoms with Crippen LogP contribution < -0.4 is 14.2 Å². The highest BCUT2D eigenvalue weighted by Gasteiger charge is 2.42. The van der Waals surface area contributed by atoms with Gasteiger partial charge in [-0.05, 0) is 47.6 Å². The quantitative estimate of drug-likeness (QED) is 0.472. The molecule has 0 bridgehead atoms. The van der Waals surface area contributed by atoms with E-state index in [0.29, 0.717) is 28.4 Å². The van der Waals surface area contributed by atoms with Gasteiger partial charge in [0.1, 0.15) is 17.2 Å². The van der Waals surface area contributed by atoms with Crippen LogP contribution in [0.2, 0.25) is 0 Å². The van der Waals surface area contributed by atoms with Crippen LogP contribution in [0.25, 0.3) is 0 Å². The van der Waals surface area contributed by atoms with Crippen molar-refractivity contribution in [3.05, 3.63) is 47.5 Å². The first-order chi connectivity index (χ1) is 14.7. The molecule has 0 aliphatic heterocycles. The molecule has 0 spiro atoms. The van der Waals surface area contributed by atoms with Gasteiger partial charge in [-0.2, -0.15) is 13.2 Å². The molecule has 5 nitrogen and oxygen atoms in total. The average molecular weight is 458 g/mol. The van der Waals surface area contributed by atoms with Gasteiger partial charge in [-0.3, -0.25) is 4.79 Å². The fourth-order valence-electron chi connectivity index (χ4n) is 3.04. The van der Waals surface area contributed by atoms with Crippen LogP contribution in [0.15, 0.2) is 41.3 Å². The Labute approximate surface area is 184 Å². The number of ether oxygens (including phenoxy) is 3. The van der Waals surface area contributed by atoms with Gasteiger partial charge in [0.2, 0.25) is 0 Å². The molecule has 0 N–H and O–H groups in total. The van der Waals surface area contributed by atoms with Crippen molar-refractivity contribution in [2.45, 2.75) is 31.0 Å². The van der Waals surface area contributed by atoms with Gasteiger partial charge in [-0.15, -0.1) is 11.8 Å². The first-order valence-corrected chi connectivity index (χ1v) is 10.6. The van der Waals surface area contributed by atoms with Gasteiger partial charge >= 0.3 is 12.1 Å². The van der Waals surface area contributed by atoms with E-state index in [1.165, 1.54) is 21.3 Å². The van der Waals surface area contributed by atoms with Gasteiger partial charge in [0.25, 0.3) is 0 Å². The first kappa shape index (κ1) is 24.7. The summed E-state index contributed by atoms with van der Waals surface area (Å²) in [4.78, 5) is 13.7. The normalized spacial score (nSPS) is 11.2. The molecule has 0 fully saturated rings. The second-order valence-electron chi connectivity index (χ2n) is 6.57. The lowest BCUT2D eigenvalue weighted by molar-refractivity contribution is -0.186. The molecule has 0 aliphatic rings. The van der Waals surface area contributed by atoms with Gasteiger partial charge in [-0.1, -0.05) is 19.1 Å². The largest absolute Gasteiger partial charge is 0.497 e. The van der Waals surface area contributed by atoms with Crippen molar-refractivity contribution < 1.29 is 32.2 Å². The Balaban J connectivity index is 2.27. The van der Waals surface area contributed by atoms with Gasteiger partial charge in [0.05, 0.1) is 26.2 Å². The molecule has 0 heterocycles. The summed E-state index contributed by atoms with van der Waals surface area (Å²) in [5, 5.41) is 0. The van der Waals surface area contributed by atoms with E-state index >= 15 is 0 Å². The van der Waals surface area contributed by atoms with Crippen LogP contribution in [0.4, 0.5) is 13.2 Å². The van der Waals surface area contributed by atoms with Crippen molar-refractivity contribution in [3.63, 3.8) is 0 Å². The molecule has 2 aromatic rings. The van der Waals surface area contributed by atoms with E-state index in [1.54, 1.807) is 42.1 Å². The molecule has 0 saturated carbocycles. The molecular formula is C22H26F3NO4S. The number of nitrogens with zero attached hydrogens (tertiary/aromatic N) is 1. The van der Waals surface area contributed by atoms with E-state index in [2.05, 4.69) is 0 Å². The highest BCUT2D eigenvalue weighted by Crippen LogP contribution is 2.36. The third-order valence-corrected chi connectivity index (χ3v) is 5.50. The fourth-order valence-corrected chi connectivity index (χ4v) is 3.82. The topological polar surface area (TPSA) is 48.0 Å². The number of alkyl halides is 3. The van der Waals surface area contributed by atoms with Gasteiger partial charge < -0.3 is 19.1 Å². The molecule has 0 saturated heterocycles. The van der Waals surface area contributed by atoms with Crippen LogP contribution in [-0.4, -0.2) is 50.6 Å². The Morgan fingerprint density at radius 1 is 1.00 bits per heavy atom. The fraction of sp³-hybridized carbons (Fsp3) is 0.409. The smallest absolute Gasteiger partial charge is 0.471 e. The zero-order valence-electron chi connectivity index (χ0n) is 17.9.